The van der Waals surface area contributed by atoms with E-state index in [1.54, 1.807) is 6.92 Å². The van der Waals surface area contributed by atoms with E-state index in [1.165, 1.54) is 38.5 Å². The molecule has 4 nitrogen and oxygen atoms in total. The molecule has 0 aromatic heterocycles. The van der Waals surface area contributed by atoms with E-state index in [-0.39, 0.29) is 0 Å². The third-order valence-electron chi connectivity index (χ3n) is 2.56. The van der Waals surface area contributed by atoms with E-state index in [2.05, 4.69) is 11.6 Å². The van der Waals surface area contributed by atoms with E-state index in [0.29, 0.717) is 13.2 Å². The van der Waals surface area contributed by atoms with Gasteiger partial charge in [0.2, 0.25) is 0 Å². The van der Waals surface area contributed by atoms with E-state index in [9.17, 15) is 8.42 Å². The second-order valence-corrected chi connectivity index (χ2v) is 5.68. The van der Waals surface area contributed by atoms with Crippen molar-refractivity contribution >= 4 is 10.3 Å². The van der Waals surface area contributed by atoms with Gasteiger partial charge in [-0.15, -0.1) is 0 Å². The molecule has 0 aliphatic carbocycles. The van der Waals surface area contributed by atoms with Gasteiger partial charge in [-0.05, 0) is 6.42 Å². The largest absolute Gasteiger partial charge is 0.335 e. The zero-order chi connectivity index (χ0) is 13.0. The van der Waals surface area contributed by atoms with Gasteiger partial charge in [-0.25, -0.2) is 0 Å². The van der Waals surface area contributed by atoms with E-state index >= 15 is 0 Å². The van der Waals surface area contributed by atoms with Crippen LogP contribution in [0.1, 0.15) is 65.2 Å². The lowest BCUT2D eigenvalue weighted by Gasteiger charge is -2.05. The van der Waals surface area contributed by atoms with Gasteiger partial charge in [0.25, 0.3) is 0 Å². The van der Waals surface area contributed by atoms with Crippen molar-refractivity contribution in [2.24, 2.45) is 0 Å². The van der Waals surface area contributed by atoms with Crippen LogP contribution in [-0.2, 0) is 14.5 Å². The van der Waals surface area contributed by atoms with Gasteiger partial charge in [0.1, 0.15) is 0 Å². The fraction of sp³-hybridized carbons (Fsp3) is 1.00. The van der Waals surface area contributed by atoms with E-state index < -0.39 is 10.3 Å². The molecule has 0 fully saturated rings. The molecule has 0 aliphatic rings. The molecule has 0 amide bonds. The Labute approximate surface area is 106 Å². The summed E-state index contributed by atoms with van der Waals surface area (Å²) in [7, 11) is -3.49. The maximum absolute atomic E-state index is 11.1. The summed E-state index contributed by atoms with van der Waals surface area (Å²) in [5, 5.41) is 0. The molecule has 5 heteroatoms. The maximum atomic E-state index is 11.1. The Morgan fingerprint density at radius 1 is 0.882 bits per heavy atom. The van der Waals surface area contributed by atoms with Crippen LogP contribution in [-0.4, -0.2) is 21.6 Å². The summed E-state index contributed by atoms with van der Waals surface area (Å²) in [6.45, 7) is 4.61. The standard InChI is InChI=1S/C12H27NO3S/c1-3-5-6-7-8-9-10-11-12-16-17(14,15)13-4-2/h13H,3-12H2,1-2H3. The molecular weight excluding hydrogens is 238 g/mol. The summed E-state index contributed by atoms with van der Waals surface area (Å²) in [4.78, 5) is 0. The topological polar surface area (TPSA) is 55.4 Å². The Morgan fingerprint density at radius 3 is 1.94 bits per heavy atom. The van der Waals surface area contributed by atoms with Gasteiger partial charge in [-0.3, -0.25) is 4.18 Å². The normalized spacial score (nSPS) is 11.9. The fourth-order valence-corrected chi connectivity index (χ4v) is 2.40. The quantitative estimate of drug-likeness (QED) is 0.552. The van der Waals surface area contributed by atoms with Crippen LogP contribution in [0.15, 0.2) is 0 Å². The van der Waals surface area contributed by atoms with Crippen LogP contribution in [0.2, 0.25) is 0 Å². The minimum Gasteiger partial charge on any atom is -0.258 e. The van der Waals surface area contributed by atoms with Crippen molar-refractivity contribution in [3.05, 3.63) is 0 Å². The molecule has 1 N–H and O–H groups in total. The molecule has 0 radical (unpaired) electrons. The van der Waals surface area contributed by atoms with E-state index in [0.717, 1.165) is 12.8 Å². The fourth-order valence-electron chi connectivity index (χ4n) is 1.62. The van der Waals surface area contributed by atoms with E-state index in [1.807, 2.05) is 0 Å². The van der Waals surface area contributed by atoms with Gasteiger partial charge in [0.15, 0.2) is 0 Å². The predicted molar refractivity (Wildman–Crippen MR) is 71.2 cm³/mol. The summed E-state index contributed by atoms with van der Waals surface area (Å²) in [6.07, 6.45) is 9.51. The summed E-state index contributed by atoms with van der Waals surface area (Å²) < 4.78 is 29.3. The van der Waals surface area contributed by atoms with Gasteiger partial charge < -0.3 is 0 Å². The molecule has 0 aliphatic heterocycles. The van der Waals surface area contributed by atoms with E-state index in [4.69, 9.17) is 4.18 Å². The third kappa shape index (κ3) is 12.1. The summed E-state index contributed by atoms with van der Waals surface area (Å²) >= 11 is 0. The maximum Gasteiger partial charge on any atom is 0.335 e. The first-order valence-electron chi connectivity index (χ1n) is 6.76. The zero-order valence-electron chi connectivity index (χ0n) is 11.2. The first-order chi connectivity index (χ1) is 8.12. The Hall–Kier alpha value is -0.130. The van der Waals surface area contributed by atoms with Crippen molar-refractivity contribution in [3.63, 3.8) is 0 Å². The summed E-state index contributed by atoms with van der Waals surface area (Å²) in [5.41, 5.74) is 0. The number of rotatable bonds is 12. The van der Waals surface area contributed by atoms with Gasteiger partial charge in [0, 0.05) is 6.54 Å². The van der Waals surface area contributed by atoms with Crippen molar-refractivity contribution in [2.45, 2.75) is 65.2 Å². The van der Waals surface area contributed by atoms with Crippen molar-refractivity contribution in [1.82, 2.24) is 4.72 Å². The molecule has 0 spiro atoms. The summed E-state index contributed by atoms with van der Waals surface area (Å²) in [6, 6.07) is 0. The van der Waals surface area contributed by atoms with Crippen LogP contribution in [0, 0.1) is 0 Å². The van der Waals surface area contributed by atoms with Gasteiger partial charge >= 0.3 is 10.3 Å². The Kier molecular flexibility index (Phi) is 10.9. The average Bonchev–Trinajstić information content (AvgIpc) is 2.27. The molecule has 0 heterocycles. The SMILES string of the molecule is CCCCCCCCCCOS(=O)(=O)NCC. The lowest BCUT2D eigenvalue weighted by molar-refractivity contribution is 0.300. The third-order valence-corrected chi connectivity index (χ3v) is 3.68. The highest BCUT2D eigenvalue weighted by Crippen LogP contribution is 2.08. The first-order valence-corrected chi connectivity index (χ1v) is 8.17. The predicted octanol–water partition coefficient (Wildman–Crippen LogP) is 3.00. The molecule has 0 aromatic rings. The van der Waals surface area contributed by atoms with Crippen molar-refractivity contribution in [2.75, 3.05) is 13.2 Å². The smallest absolute Gasteiger partial charge is 0.258 e. The monoisotopic (exact) mass is 265 g/mol. The molecule has 0 saturated carbocycles. The lowest BCUT2D eigenvalue weighted by Crippen LogP contribution is -2.25. The van der Waals surface area contributed by atoms with Crippen LogP contribution >= 0.6 is 0 Å². The number of hydrogen-bond acceptors (Lipinski definition) is 3. The lowest BCUT2D eigenvalue weighted by atomic mass is 10.1. The Bertz CT molecular complexity index is 252. The highest BCUT2D eigenvalue weighted by Gasteiger charge is 2.06. The van der Waals surface area contributed by atoms with Gasteiger partial charge in [-0.2, -0.15) is 13.1 Å². The molecule has 0 rings (SSSR count). The average molecular weight is 265 g/mol. The van der Waals surface area contributed by atoms with Gasteiger partial charge in [0.05, 0.1) is 6.61 Å². The highest BCUT2D eigenvalue weighted by molar-refractivity contribution is 7.84. The molecule has 0 bridgehead atoms. The second-order valence-electron chi connectivity index (χ2n) is 4.25. The molecule has 0 aromatic carbocycles. The summed E-state index contributed by atoms with van der Waals surface area (Å²) in [5.74, 6) is 0. The molecule has 17 heavy (non-hydrogen) atoms. The Morgan fingerprint density at radius 2 is 1.41 bits per heavy atom. The van der Waals surface area contributed by atoms with Gasteiger partial charge in [-0.1, -0.05) is 58.8 Å². The van der Waals surface area contributed by atoms with Crippen molar-refractivity contribution in [1.29, 1.82) is 0 Å². The first kappa shape index (κ1) is 16.9. The minimum absolute atomic E-state index is 0.296. The number of nitrogens with one attached hydrogen (secondary N) is 1. The number of hydrogen-bond donors (Lipinski definition) is 1. The minimum atomic E-state index is -3.49. The van der Waals surface area contributed by atoms with Crippen molar-refractivity contribution in [3.8, 4) is 0 Å². The molecular formula is C12H27NO3S. The number of unbranched alkanes of at least 4 members (excludes halogenated alkanes) is 7. The van der Waals surface area contributed by atoms with Crippen LogP contribution in [0.3, 0.4) is 0 Å². The highest BCUT2D eigenvalue weighted by atomic mass is 32.2. The molecule has 0 unspecified atom stereocenters. The second kappa shape index (κ2) is 11.0. The molecule has 0 atom stereocenters. The Balaban J connectivity index is 3.24. The molecule has 0 saturated heterocycles. The van der Waals surface area contributed by atoms with Crippen LogP contribution in [0.25, 0.3) is 0 Å². The molecule has 104 valence electrons. The van der Waals surface area contributed by atoms with Crippen LogP contribution in [0.5, 0.6) is 0 Å². The zero-order valence-corrected chi connectivity index (χ0v) is 12.0. The van der Waals surface area contributed by atoms with Crippen LogP contribution < -0.4 is 4.72 Å². The van der Waals surface area contributed by atoms with Crippen LogP contribution in [0.4, 0.5) is 0 Å². The van der Waals surface area contributed by atoms with Crippen molar-refractivity contribution < 1.29 is 12.6 Å².